The van der Waals surface area contributed by atoms with Crippen molar-refractivity contribution in [3.8, 4) is 11.5 Å². The van der Waals surface area contributed by atoms with E-state index < -0.39 is 10.0 Å². The lowest BCUT2D eigenvalue weighted by molar-refractivity contribution is 0.182. The minimum atomic E-state index is -3.11. The molecule has 1 saturated heterocycles. The average Bonchev–Trinajstić information content (AvgIpc) is 2.42. The summed E-state index contributed by atoms with van der Waals surface area (Å²) in [4.78, 5) is 2.14. The average molecular weight is 335 g/mol. The van der Waals surface area contributed by atoms with Crippen molar-refractivity contribution >= 4 is 21.6 Å². The number of hydrogen-bond acceptors (Lipinski definition) is 5. The maximum absolute atomic E-state index is 11.5. The first-order valence-electron chi connectivity index (χ1n) is 6.54. The lowest BCUT2D eigenvalue weighted by atomic mass is 10.1. The monoisotopic (exact) mass is 334 g/mol. The molecule has 1 fully saturated rings. The number of methoxy groups -OCH3 is 1. The summed E-state index contributed by atoms with van der Waals surface area (Å²) >= 11 is 5.96. The van der Waals surface area contributed by atoms with Gasteiger partial charge in [-0.05, 0) is 17.7 Å². The zero-order valence-corrected chi connectivity index (χ0v) is 13.6. The second kappa shape index (κ2) is 6.39. The number of sulfonamides is 1. The molecule has 0 saturated carbocycles. The molecular formula is C13H19ClN2O4S. The van der Waals surface area contributed by atoms with Crippen molar-refractivity contribution in [3.05, 3.63) is 22.7 Å². The van der Waals surface area contributed by atoms with Crippen LogP contribution >= 0.6 is 11.6 Å². The molecule has 2 rings (SSSR count). The molecule has 0 aliphatic carbocycles. The van der Waals surface area contributed by atoms with E-state index in [1.165, 1.54) is 17.7 Å². The lowest BCUT2D eigenvalue weighted by Crippen LogP contribution is -2.47. The Kier molecular flexibility index (Phi) is 4.98. The Bertz CT molecular complexity index is 613. The summed E-state index contributed by atoms with van der Waals surface area (Å²) in [6.45, 7) is 2.93. The number of piperazine rings is 1. The number of aromatic hydroxyl groups is 1. The van der Waals surface area contributed by atoms with Crippen LogP contribution in [0.25, 0.3) is 0 Å². The van der Waals surface area contributed by atoms with Crippen LogP contribution in [0.4, 0.5) is 0 Å². The number of phenolic OH excluding ortho intramolecular Hbond substituents is 1. The first-order chi connectivity index (χ1) is 9.81. The van der Waals surface area contributed by atoms with E-state index in [4.69, 9.17) is 16.3 Å². The van der Waals surface area contributed by atoms with E-state index in [-0.39, 0.29) is 10.8 Å². The van der Waals surface area contributed by atoms with Crippen molar-refractivity contribution in [2.24, 2.45) is 0 Å². The predicted molar refractivity (Wildman–Crippen MR) is 81.4 cm³/mol. The summed E-state index contributed by atoms with van der Waals surface area (Å²) < 4.78 is 29.5. The predicted octanol–water partition coefficient (Wildman–Crippen LogP) is 1.13. The Morgan fingerprint density at radius 1 is 1.29 bits per heavy atom. The van der Waals surface area contributed by atoms with Gasteiger partial charge < -0.3 is 9.84 Å². The van der Waals surface area contributed by atoms with Gasteiger partial charge in [0.1, 0.15) is 0 Å². The van der Waals surface area contributed by atoms with Gasteiger partial charge in [0.25, 0.3) is 0 Å². The van der Waals surface area contributed by atoms with Gasteiger partial charge in [-0.15, -0.1) is 0 Å². The SMILES string of the molecule is COc1cc(CN2CCN(S(C)(=O)=O)CC2)cc(Cl)c1O. The van der Waals surface area contributed by atoms with Gasteiger partial charge in [0.15, 0.2) is 11.5 Å². The van der Waals surface area contributed by atoms with Crippen LogP contribution in [0.3, 0.4) is 0 Å². The van der Waals surface area contributed by atoms with Crippen LogP contribution in [0.5, 0.6) is 11.5 Å². The van der Waals surface area contributed by atoms with Crippen molar-refractivity contribution in [2.45, 2.75) is 6.54 Å². The summed E-state index contributed by atoms with van der Waals surface area (Å²) in [6, 6.07) is 3.44. The molecule has 0 bridgehead atoms. The van der Waals surface area contributed by atoms with E-state index in [2.05, 4.69) is 4.90 Å². The normalized spacial score (nSPS) is 17.9. The third kappa shape index (κ3) is 4.00. The Morgan fingerprint density at radius 3 is 2.43 bits per heavy atom. The van der Waals surface area contributed by atoms with Crippen LogP contribution in [0, 0.1) is 0 Å². The van der Waals surface area contributed by atoms with E-state index in [0.29, 0.717) is 38.5 Å². The minimum absolute atomic E-state index is 0.0650. The van der Waals surface area contributed by atoms with E-state index in [1.807, 2.05) is 0 Å². The van der Waals surface area contributed by atoms with E-state index >= 15 is 0 Å². The highest BCUT2D eigenvalue weighted by atomic mass is 35.5. The summed E-state index contributed by atoms with van der Waals surface area (Å²) in [7, 11) is -1.64. The molecule has 1 aliphatic rings. The number of rotatable bonds is 4. The molecule has 1 aromatic carbocycles. The topological polar surface area (TPSA) is 70.1 Å². The second-order valence-electron chi connectivity index (χ2n) is 5.07. The fourth-order valence-electron chi connectivity index (χ4n) is 2.35. The molecule has 0 aromatic heterocycles. The van der Waals surface area contributed by atoms with Crippen molar-refractivity contribution < 1.29 is 18.3 Å². The number of ether oxygens (including phenoxy) is 1. The van der Waals surface area contributed by atoms with Crippen LogP contribution in [0.2, 0.25) is 5.02 Å². The van der Waals surface area contributed by atoms with Gasteiger partial charge in [0.05, 0.1) is 18.4 Å². The second-order valence-corrected chi connectivity index (χ2v) is 7.46. The Hall–Kier alpha value is -1.02. The fraction of sp³-hybridized carbons (Fsp3) is 0.538. The molecule has 0 unspecified atom stereocenters. The third-order valence-corrected chi connectivity index (χ3v) is 5.11. The van der Waals surface area contributed by atoms with Gasteiger partial charge in [-0.25, -0.2) is 8.42 Å². The lowest BCUT2D eigenvalue weighted by Gasteiger charge is -2.33. The van der Waals surface area contributed by atoms with Gasteiger partial charge in [-0.1, -0.05) is 11.6 Å². The summed E-state index contributed by atoms with van der Waals surface area (Å²) in [5.74, 6) is 0.275. The molecule has 21 heavy (non-hydrogen) atoms. The van der Waals surface area contributed by atoms with Crippen LogP contribution in [0.15, 0.2) is 12.1 Å². The van der Waals surface area contributed by atoms with Crippen LogP contribution < -0.4 is 4.74 Å². The van der Waals surface area contributed by atoms with Crippen LogP contribution in [-0.4, -0.2) is 62.3 Å². The molecule has 118 valence electrons. The van der Waals surface area contributed by atoms with Crippen molar-refractivity contribution in [2.75, 3.05) is 39.5 Å². The highest BCUT2D eigenvalue weighted by Gasteiger charge is 2.23. The third-order valence-electron chi connectivity index (χ3n) is 3.51. The molecule has 0 amide bonds. The smallest absolute Gasteiger partial charge is 0.211 e. The molecule has 0 atom stereocenters. The maximum atomic E-state index is 11.5. The Balaban J connectivity index is 2.03. The fourth-order valence-corrected chi connectivity index (χ4v) is 3.41. The van der Waals surface area contributed by atoms with Crippen molar-refractivity contribution in [3.63, 3.8) is 0 Å². The van der Waals surface area contributed by atoms with Gasteiger partial charge in [-0.2, -0.15) is 4.31 Å². The molecule has 0 radical (unpaired) electrons. The summed E-state index contributed by atoms with van der Waals surface area (Å²) in [6.07, 6.45) is 1.23. The molecule has 1 aromatic rings. The van der Waals surface area contributed by atoms with Crippen LogP contribution in [-0.2, 0) is 16.6 Å². The highest BCUT2D eigenvalue weighted by molar-refractivity contribution is 7.88. The number of benzene rings is 1. The molecule has 1 aliphatic heterocycles. The minimum Gasteiger partial charge on any atom is -0.503 e. The van der Waals surface area contributed by atoms with Gasteiger partial charge in [0, 0.05) is 32.7 Å². The molecule has 8 heteroatoms. The van der Waals surface area contributed by atoms with E-state index in [1.54, 1.807) is 12.1 Å². The van der Waals surface area contributed by atoms with Gasteiger partial charge in [0.2, 0.25) is 10.0 Å². The number of hydrogen-bond donors (Lipinski definition) is 1. The van der Waals surface area contributed by atoms with Crippen molar-refractivity contribution in [1.82, 2.24) is 9.21 Å². The zero-order valence-electron chi connectivity index (χ0n) is 12.0. The van der Waals surface area contributed by atoms with E-state index in [0.717, 1.165) is 5.56 Å². The first-order valence-corrected chi connectivity index (χ1v) is 8.76. The number of nitrogens with zero attached hydrogens (tertiary/aromatic N) is 2. The maximum Gasteiger partial charge on any atom is 0.211 e. The molecule has 1 N–H and O–H groups in total. The summed E-state index contributed by atoms with van der Waals surface area (Å²) in [5.41, 5.74) is 0.919. The molecule has 1 heterocycles. The van der Waals surface area contributed by atoms with Crippen LogP contribution in [0.1, 0.15) is 5.56 Å². The first kappa shape index (κ1) is 16.4. The van der Waals surface area contributed by atoms with Gasteiger partial charge in [-0.3, -0.25) is 4.90 Å². The number of halogens is 1. The van der Waals surface area contributed by atoms with E-state index in [9.17, 15) is 13.5 Å². The molecular weight excluding hydrogens is 316 g/mol. The Morgan fingerprint density at radius 2 is 1.90 bits per heavy atom. The number of phenols is 1. The quantitative estimate of drug-likeness (QED) is 0.894. The highest BCUT2D eigenvalue weighted by Crippen LogP contribution is 2.35. The summed E-state index contributed by atoms with van der Waals surface area (Å²) in [5, 5.41) is 9.96. The molecule has 0 spiro atoms. The van der Waals surface area contributed by atoms with Crippen molar-refractivity contribution in [1.29, 1.82) is 0 Å². The zero-order chi connectivity index (χ0) is 15.6. The Labute approximate surface area is 129 Å². The van der Waals surface area contributed by atoms with Gasteiger partial charge >= 0.3 is 0 Å². The standard InChI is InChI=1S/C13H19ClN2O4S/c1-20-12-8-10(7-11(14)13(12)17)9-15-3-5-16(6-4-15)21(2,18)19/h7-8,17H,3-6,9H2,1-2H3. The largest absolute Gasteiger partial charge is 0.503 e. The molecule has 6 nitrogen and oxygen atoms in total.